The smallest absolute Gasteiger partial charge is 0.163 e. The topological polar surface area (TPSA) is 47.3 Å². The second-order valence-electron chi connectivity index (χ2n) is 5.21. The number of nitrogens with two attached hydrogens (primary N) is 1. The van der Waals surface area contributed by atoms with Crippen molar-refractivity contribution >= 4 is 0 Å². The molecule has 1 aromatic carbocycles. The highest BCUT2D eigenvalue weighted by molar-refractivity contribution is 5.23. The van der Waals surface area contributed by atoms with Crippen LogP contribution in [-0.2, 0) is 4.74 Å². The third kappa shape index (κ3) is 3.29. The summed E-state index contributed by atoms with van der Waals surface area (Å²) in [7, 11) is 0. The molecule has 2 rings (SSSR count). The van der Waals surface area contributed by atoms with Crippen LogP contribution >= 0.6 is 0 Å². The van der Waals surface area contributed by atoms with E-state index < -0.39 is 17.7 Å². The zero-order valence-electron chi connectivity index (χ0n) is 11.1. The Balaban J connectivity index is 2.05. The van der Waals surface area contributed by atoms with Gasteiger partial charge in [0.15, 0.2) is 11.6 Å². The van der Waals surface area contributed by atoms with Crippen LogP contribution in [0.25, 0.3) is 0 Å². The third-order valence-electron chi connectivity index (χ3n) is 3.62. The minimum atomic E-state index is -0.846. The maximum absolute atomic E-state index is 13.7. The highest BCUT2D eigenvalue weighted by atomic mass is 19.2. The maximum Gasteiger partial charge on any atom is 0.163 e. The van der Waals surface area contributed by atoms with Crippen molar-refractivity contribution in [1.82, 2.24) is 5.32 Å². The van der Waals surface area contributed by atoms with Crippen LogP contribution in [0.15, 0.2) is 18.2 Å². The van der Waals surface area contributed by atoms with E-state index in [1.807, 2.05) is 6.92 Å². The fraction of sp³-hybridized carbons (Fsp3) is 0.571. The lowest BCUT2D eigenvalue weighted by Crippen LogP contribution is -2.41. The van der Waals surface area contributed by atoms with E-state index in [2.05, 4.69) is 5.32 Å². The van der Waals surface area contributed by atoms with Crippen molar-refractivity contribution < 1.29 is 13.5 Å². The molecular weight excluding hydrogens is 250 g/mol. The molecule has 0 aliphatic carbocycles. The van der Waals surface area contributed by atoms with Crippen LogP contribution in [0.2, 0.25) is 0 Å². The Labute approximate surface area is 112 Å². The standard InChI is InChI=1S/C14H20F2N2O/c1-14(6-3-7-19-14)9-18-12(8-17)10-4-2-5-11(15)13(10)16/h2,4-5,12,18H,3,6-9,17H2,1H3. The highest BCUT2D eigenvalue weighted by Gasteiger charge is 2.30. The molecule has 1 aliphatic rings. The Morgan fingerprint density at radius 2 is 2.26 bits per heavy atom. The van der Waals surface area contributed by atoms with E-state index in [4.69, 9.17) is 10.5 Å². The lowest BCUT2D eigenvalue weighted by molar-refractivity contribution is 0.0188. The summed E-state index contributed by atoms with van der Waals surface area (Å²) in [4.78, 5) is 0. The van der Waals surface area contributed by atoms with Gasteiger partial charge in [-0.1, -0.05) is 12.1 Å². The first kappa shape index (κ1) is 14.4. The summed E-state index contributed by atoms with van der Waals surface area (Å²) in [6.45, 7) is 3.55. The van der Waals surface area contributed by atoms with Gasteiger partial charge < -0.3 is 15.8 Å². The van der Waals surface area contributed by atoms with Gasteiger partial charge in [0.2, 0.25) is 0 Å². The second kappa shape index (κ2) is 5.94. The summed E-state index contributed by atoms with van der Waals surface area (Å²) in [5.74, 6) is -1.68. The molecule has 0 bridgehead atoms. The maximum atomic E-state index is 13.7. The summed E-state index contributed by atoms with van der Waals surface area (Å²) in [5, 5.41) is 3.18. The number of halogens is 2. The molecule has 0 spiro atoms. The molecule has 1 aliphatic heterocycles. The molecule has 19 heavy (non-hydrogen) atoms. The molecule has 2 atom stereocenters. The molecule has 1 heterocycles. The number of rotatable bonds is 5. The molecule has 0 radical (unpaired) electrons. The predicted molar refractivity (Wildman–Crippen MR) is 69.7 cm³/mol. The fourth-order valence-electron chi connectivity index (χ4n) is 2.43. The fourth-order valence-corrected chi connectivity index (χ4v) is 2.43. The first-order valence-electron chi connectivity index (χ1n) is 6.57. The van der Waals surface area contributed by atoms with Crippen LogP contribution in [0.5, 0.6) is 0 Å². The zero-order chi connectivity index (χ0) is 13.9. The highest BCUT2D eigenvalue weighted by Crippen LogP contribution is 2.25. The number of hydrogen-bond acceptors (Lipinski definition) is 3. The molecule has 0 aromatic heterocycles. The van der Waals surface area contributed by atoms with Crippen molar-refractivity contribution in [3.05, 3.63) is 35.4 Å². The largest absolute Gasteiger partial charge is 0.374 e. The first-order chi connectivity index (χ1) is 9.06. The van der Waals surface area contributed by atoms with Crippen LogP contribution in [-0.4, -0.2) is 25.3 Å². The van der Waals surface area contributed by atoms with Gasteiger partial charge in [-0.3, -0.25) is 0 Å². The third-order valence-corrected chi connectivity index (χ3v) is 3.62. The second-order valence-corrected chi connectivity index (χ2v) is 5.21. The molecular formula is C14H20F2N2O. The summed E-state index contributed by atoms with van der Waals surface area (Å²) in [6, 6.07) is 3.75. The average Bonchev–Trinajstić information content (AvgIpc) is 2.82. The molecule has 5 heteroatoms. The quantitative estimate of drug-likeness (QED) is 0.861. The Morgan fingerprint density at radius 3 is 2.89 bits per heavy atom. The van der Waals surface area contributed by atoms with Crippen LogP contribution in [0.3, 0.4) is 0 Å². The Bertz CT molecular complexity index is 433. The molecule has 3 nitrogen and oxygen atoms in total. The molecule has 0 saturated carbocycles. The number of ether oxygens (including phenoxy) is 1. The summed E-state index contributed by atoms with van der Waals surface area (Å²) in [5.41, 5.74) is 5.69. The van der Waals surface area contributed by atoms with Gasteiger partial charge in [-0.15, -0.1) is 0 Å². The van der Waals surface area contributed by atoms with Crippen molar-refractivity contribution in [2.75, 3.05) is 19.7 Å². The van der Waals surface area contributed by atoms with Crippen molar-refractivity contribution in [3.63, 3.8) is 0 Å². The Morgan fingerprint density at radius 1 is 1.47 bits per heavy atom. The zero-order valence-corrected chi connectivity index (χ0v) is 11.1. The van der Waals surface area contributed by atoms with Crippen LogP contribution in [0.4, 0.5) is 8.78 Å². The number of hydrogen-bond donors (Lipinski definition) is 2. The van der Waals surface area contributed by atoms with Gasteiger partial charge in [0, 0.05) is 31.3 Å². The van der Waals surface area contributed by atoms with Gasteiger partial charge >= 0.3 is 0 Å². The SMILES string of the molecule is CC1(CNC(CN)c2cccc(F)c2F)CCCO1. The van der Waals surface area contributed by atoms with E-state index in [-0.39, 0.29) is 17.7 Å². The van der Waals surface area contributed by atoms with E-state index >= 15 is 0 Å². The summed E-state index contributed by atoms with van der Waals surface area (Å²) >= 11 is 0. The minimum absolute atomic E-state index is 0.205. The van der Waals surface area contributed by atoms with Crippen LogP contribution < -0.4 is 11.1 Å². The first-order valence-corrected chi connectivity index (χ1v) is 6.57. The van der Waals surface area contributed by atoms with Gasteiger partial charge in [0.05, 0.1) is 5.60 Å². The lowest BCUT2D eigenvalue weighted by atomic mass is 10.0. The number of benzene rings is 1. The van der Waals surface area contributed by atoms with Crippen LogP contribution in [0.1, 0.15) is 31.4 Å². The average molecular weight is 270 g/mol. The minimum Gasteiger partial charge on any atom is -0.374 e. The molecule has 0 amide bonds. The Kier molecular flexibility index (Phi) is 4.50. The van der Waals surface area contributed by atoms with Crippen molar-refractivity contribution in [2.24, 2.45) is 5.73 Å². The van der Waals surface area contributed by atoms with Gasteiger partial charge in [0.25, 0.3) is 0 Å². The van der Waals surface area contributed by atoms with E-state index in [1.54, 1.807) is 6.07 Å². The Hall–Kier alpha value is -1.04. The summed E-state index contributed by atoms with van der Waals surface area (Å²) in [6.07, 6.45) is 1.99. The van der Waals surface area contributed by atoms with Gasteiger partial charge in [-0.05, 0) is 25.8 Å². The lowest BCUT2D eigenvalue weighted by Gasteiger charge is -2.27. The molecule has 1 saturated heterocycles. The van der Waals surface area contributed by atoms with E-state index in [1.165, 1.54) is 6.07 Å². The van der Waals surface area contributed by atoms with Gasteiger partial charge in [-0.25, -0.2) is 8.78 Å². The van der Waals surface area contributed by atoms with E-state index in [9.17, 15) is 8.78 Å². The van der Waals surface area contributed by atoms with E-state index in [0.29, 0.717) is 6.54 Å². The number of nitrogens with one attached hydrogen (secondary N) is 1. The monoisotopic (exact) mass is 270 g/mol. The van der Waals surface area contributed by atoms with E-state index in [0.717, 1.165) is 25.5 Å². The molecule has 2 unspecified atom stereocenters. The molecule has 1 fully saturated rings. The van der Waals surface area contributed by atoms with Crippen molar-refractivity contribution in [2.45, 2.75) is 31.4 Å². The van der Waals surface area contributed by atoms with Crippen molar-refractivity contribution in [1.29, 1.82) is 0 Å². The van der Waals surface area contributed by atoms with Gasteiger partial charge in [-0.2, -0.15) is 0 Å². The molecule has 106 valence electrons. The molecule has 3 N–H and O–H groups in total. The van der Waals surface area contributed by atoms with Crippen LogP contribution in [0, 0.1) is 11.6 Å². The normalized spacial score (nSPS) is 24.6. The predicted octanol–water partition coefficient (Wildman–Crippen LogP) is 2.12. The molecule has 1 aromatic rings. The van der Waals surface area contributed by atoms with Crippen molar-refractivity contribution in [3.8, 4) is 0 Å². The summed E-state index contributed by atoms with van der Waals surface area (Å²) < 4.78 is 32.6. The van der Waals surface area contributed by atoms with Gasteiger partial charge in [0.1, 0.15) is 0 Å².